The maximum absolute atomic E-state index is 11.3. The van der Waals surface area contributed by atoms with E-state index >= 15 is 0 Å². The Kier molecular flexibility index (Phi) is 2.27. The Hall–Kier alpha value is -1.32. The zero-order chi connectivity index (χ0) is 10.0. The molecule has 0 atom stereocenters. The number of carboxylic acids is 1. The summed E-state index contributed by atoms with van der Waals surface area (Å²) in [6, 6.07) is 1.65. The van der Waals surface area contributed by atoms with Crippen LogP contribution in [0.25, 0.3) is 0 Å². The third kappa shape index (κ3) is 1.31. The van der Waals surface area contributed by atoms with Gasteiger partial charge < -0.3 is 5.11 Å². The van der Waals surface area contributed by atoms with E-state index in [0.717, 1.165) is 19.3 Å². The lowest BCUT2D eigenvalue weighted by Crippen LogP contribution is -2.43. The molecule has 0 spiro atoms. The summed E-state index contributed by atoms with van der Waals surface area (Å²) >= 11 is 0. The molecule has 1 N–H and O–H groups in total. The van der Waals surface area contributed by atoms with Gasteiger partial charge in [-0.25, -0.2) is 4.79 Å². The summed E-state index contributed by atoms with van der Waals surface area (Å²) in [7, 11) is 0. The van der Waals surface area contributed by atoms with Gasteiger partial charge in [-0.05, 0) is 18.9 Å². The highest BCUT2D eigenvalue weighted by Crippen LogP contribution is 2.34. The third-order valence-corrected chi connectivity index (χ3v) is 2.97. The number of nitrogens with zero attached hydrogens (tertiary/aromatic N) is 2. The first kappa shape index (κ1) is 9.24. The molecule has 1 aliphatic rings. The molecule has 75 valence electrons. The van der Waals surface area contributed by atoms with E-state index in [1.165, 1.54) is 0 Å². The Morgan fingerprint density at radius 1 is 1.43 bits per heavy atom. The quantitative estimate of drug-likeness (QED) is 0.773. The summed E-state index contributed by atoms with van der Waals surface area (Å²) in [5, 5.41) is 13.2. The second-order valence-corrected chi connectivity index (χ2v) is 3.79. The molecule has 1 fully saturated rings. The van der Waals surface area contributed by atoms with Gasteiger partial charge in [-0.1, -0.05) is 19.3 Å². The van der Waals surface area contributed by atoms with Crippen LogP contribution in [-0.2, 0) is 10.3 Å². The lowest BCUT2D eigenvalue weighted by atomic mass is 9.82. The van der Waals surface area contributed by atoms with Crippen LogP contribution < -0.4 is 0 Å². The minimum atomic E-state index is -0.807. The monoisotopic (exact) mass is 193 g/mol. The van der Waals surface area contributed by atoms with Crippen LogP contribution in [0.3, 0.4) is 0 Å². The largest absolute Gasteiger partial charge is 0.479 e. The van der Waals surface area contributed by atoms with Gasteiger partial charge in [-0.2, -0.15) is 5.10 Å². The number of hydrogen-bond acceptors (Lipinski definition) is 2. The van der Waals surface area contributed by atoms with Gasteiger partial charge in [0.25, 0.3) is 0 Å². The van der Waals surface area contributed by atoms with Crippen LogP contribution in [0.1, 0.15) is 32.1 Å². The standard InChI is InChI=1S/C10H13N2O2/c13-9(14)10(5-2-1-3-6-10)12-8-4-7-11-12/h4,8H,1-3,5-6H2,(H,13,14). The van der Waals surface area contributed by atoms with Gasteiger partial charge in [0, 0.05) is 6.20 Å². The maximum atomic E-state index is 11.3. The fourth-order valence-corrected chi connectivity index (χ4v) is 2.15. The van der Waals surface area contributed by atoms with E-state index in [1.807, 2.05) is 0 Å². The van der Waals surface area contributed by atoms with Crippen LogP contribution in [0.5, 0.6) is 0 Å². The Labute approximate surface area is 82.5 Å². The molecular formula is C10H13N2O2. The molecule has 14 heavy (non-hydrogen) atoms. The molecule has 2 rings (SSSR count). The Morgan fingerprint density at radius 2 is 2.14 bits per heavy atom. The molecule has 1 aromatic rings. The molecule has 1 aliphatic carbocycles. The zero-order valence-electron chi connectivity index (χ0n) is 7.94. The molecule has 0 aliphatic heterocycles. The molecule has 1 aromatic heterocycles. The van der Waals surface area contributed by atoms with E-state index < -0.39 is 11.5 Å². The highest BCUT2D eigenvalue weighted by Gasteiger charge is 2.41. The molecule has 0 unspecified atom stereocenters. The van der Waals surface area contributed by atoms with Crippen molar-refractivity contribution < 1.29 is 9.90 Å². The topological polar surface area (TPSA) is 55.1 Å². The van der Waals surface area contributed by atoms with Gasteiger partial charge in [0.2, 0.25) is 0 Å². The first-order chi connectivity index (χ1) is 6.76. The van der Waals surface area contributed by atoms with Gasteiger partial charge in [-0.3, -0.25) is 4.68 Å². The van der Waals surface area contributed by atoms with Gasteiger partial charge >= 0.3 is 5.97 Å². The maximum Gasteiger partial charge on any atom is 0.331 e. The van der Waals surface area contributed by atoms with Crippen LogP contribution >= 0.6 is 0 Å². The molecule has 0 amide bonds. The number of aromatic nitrogens is 2. The number of aliphatic carboxylic acids is 1. The molecule has 0 bridgehead atoms. The summed E-state index contributed by atoms with van der Waals surface area (Å²) in [6.45, 7) is 0. The van der Waals surface area contributed by atoms with E-state index in [1.54, 1.807) is 16.9 Å². The average Bonchev–Trinajstić information content (AvgIpc) is 2.72. The van der Waals surface area contributed by atoms with Crippen molar-refractivity contribution in [2.75, 3.05) is 0 Å². The first-order valence-electron chi connectivity index (χ1n) is 4.91. The smallest absolute Gasteiger partial charge is 0.331 e. The number of rotatable bonds is 2. The Bertz CT molecular complexity index is 313. The first-order valence-corrected chi connectivity index (χ1v) is 4.91. The van der Waals surface area contributed by atoms with Gasteiger partial charge in [0.1, 0.15) is 6.20 Å². The average molecular weight is 193 g/mol. The Morgan fingerprint density at radius 3 is 2.64 bits per heavy atom. The highest BCUT2D eigenvalue weighted by molar-refractivity contribution is 5.76. The van der Waals surface area contributed by atoms with Gasteiger partial charge in [0.15, 0.2) is 5.54 Å². The van der Waals surface area contributed by atoms with E-state index in [0.29, 0.717) is 12.8 Å². The number of carboxylic acid groups (broad SMARTS) is 1. The van der Waals surface area contributed by atoms with Crippen molar-refractivity contribution >= 4 is 5.97 Å². The van der Waals surface area contributed by atoms with Crippen LogP contribution in [0, 0.1) is 6.20 Å². The van der Waals surface area contributed by atoms with Crippen molar-refractivity contribution in [3.05, 3.63) is 18.5 Å². The lowest BCUT2D eigenvalue weighted by molar-refractivity contribution is -0.150. The van der Waals surface area contributed by atoms with Crippen molar-refractivity contribution in [3.8, 4) is 0 Å². The molecule has 4 nitrogen and oxygen atoms in total. The summed E-state index contributed by atoms with van der Waals surface area (Å²) in [5.41, 5.74) is -0.807. The van der Waals surface area contributed by atoms with E-state index in [2.05, 4.69) is 11.3 Å². The molecule has 1 radical (unpaired) electrons. The molecule has 1 saturated carbocycles. The van der Waals surface area contributed by atoms with Crippen molar-refractivity contribution in [2.45, 2.75) is 37.6 Å². The number of carbonyl (C=O) groups is 1. The minimum absolute atomic E-state index is 0.678. The van der Waals surface area contributed by atoms with Crippen LogP contribution in [-0.4, -0.2) is 20.9 Å². The zero-order valence-corrected chi connectivity index (χ0v) is 7.94. The predicted octanol–water partition coefficient (Wildman–Crippen LogP) is 1.43. The second-order valence-electron chi connectivity index (χ2n) is 3.79. The lowest BCUT2D eigenvalue weighted by Gasteiger charge is -2.33. The number of hydrogen-bond donors (Lipinski definition) is 1. The molecule has 4 heteroatoms. The fourth-order valence-electron chi connectivity index (χ4n) is 2.15. The van der Waals surface area contributed by atoms with E-state index in [-0.39, 0.29) is 0 Å². The highest BCUT2D eigenvalue weighted by atomic mass is 16.4. The van der Waals surface area contributed by atoms with Crippen LogP contribution in [0.15, 0.2) is 12.3 Å². The summed E-state index contributed by atoms with van der Waals surface area (Å²) < 4.78 is 1.55. The van der Waals surface area contributed by atoms with Crippen molar-refractivity contribution in [1.29, 1.82) is 0 Å². The van der Waals surface area contributed by atoms with Crippen LogP contribution in [0.4, 0.5) is 0 Å². The van der Waals surface area contributed by atoms with Gasteiger partial charge in [0.05, 0.1) is 0 Å². The SMILES string of the molecule is O=C(O)C1(n2cc[c]n2)CCCCC1. The summed E-state index contributed by atoms with van der Waals surface area (Å²) in [4.78, 5) is 11.3. The summed E-state index contributed by atoms with van der Waals surface area (Å²) in [6.07, 6.45) is 8.76. The summed E-state index contributed by atoms with van der Waals surface area (Å²) in [5.74, 6) is -0.769. The molecule has 1 heterocycles. The molecular weight excluding hydrogens is 180 g/mol. The minimum Gasteiger partial charge on any atom is -0.479 e. The van der Waals surface area contributed by atoms with Crippen molar-refractivity contribution in [3.63, 3.8) is 0 Å². The van der Waals surface area contributed by atoms with E-state index in [9.17, 15) is 9.90 Å². The molecule has 0 saturated heterocycles. The normalized spacial score (nSPS) is 20.6. The second kappa shape index (κ2) is 3.44. The third-order valence-electron chi connectivity index (χ3n) is 2.97. The fraction of sp³-hybridized carbons (Fsp3) is 0.600. The van der Waals surface area contributed by atoms with Gasteiger partial charge in [-0.15, -0.1) is 0 Å². The Balaban J connectivity index is 2.35. The predicted molar refractivity (Wildman–Crippen MR) is 49.8 cm³/mol. The van der Waals surface area contributed by atoms with E-state index in [4.69, 9.17) is 0 Å². The van der Waals surface area contributed by atoms with Crippen molar-refractivity contribution in [2.24, 2.45) is 0 Å². The van der Waals surface area contributed by atoms with Crippen LogP contribution in [0.2, 0.25) is 0 Å². The van der Waals surface area contributed by atoms with Crippen molar-refractivity contribution in [1.82, 2.24) is 9.78 Å². The molecule has 0 aromatic carbocycles.